The van der Waals surface area contributed by atoms with Crippen LogP contribution in [0.2, 0.25) is 0 Å². The Labute approximate surface area is 117 Å². The van der Waals surface area contributed by atoms with Crippen molar-refractivity contribution >= 4 is 5.69 Å². The molecule has 0 fully saturated rings. The maximum absolute atomic E-state index is 5.75. The lowest BCUT2D eigenvalue weighted by molar-refractivity contribution is 0.415. The van der Waals surface area contributed by atoms with E-state index in [1.807, 2.05) is 6.07 Å². The monoisotopic (exact) mass is 264 g/mol. The molecule has 3 heteroatoms. The van der Waals surface area contributed by atoms with E-state index in [9.17, 15) is 0 Å². The molecule has 1 aromatic carbocycles. The highest BCUT2D eigenvalue weighted by Gasteiger charge is 2.16. The van der Waals surface area contributed by atoms with Gasteiger partial charge in [-0.2, -0.15) is 0 Å². The smallest absolute Gasteiger partial charge is 0.141 e. The molecule has 0 bridgehead atoms. The highest BCUT2D eigenvalue weighted by Crippen LogP contribution is 2.31. The molecule has 0 saturated heterocycles. The Morgan fingerprint density at radius 1 is 1.32 bits per heavy atom. The Kier molecular flexibility index (Phi) is 5.67. The van der Waals surface area contributed by atoms with Gasteiger partial charge in [0.25, 0.3) is 0 Å². The number of rotatable bonds is 6. The van der Waals surface area contributed by atoms with Crippen LogP contribution in [0.1, 0.15) is 39.7 Å². The lowest BCUT2D eigenvalue weighted by Gasteiger charge is -2.22. The summed E-state index contributed by atoms with van der Waals surface area (Å²) >= 11 is 0. The molecule has 1 aromatic rings. The molecule has 0 amide bonds. The topological polar surface area (TPSA) is 47.3 Å². The Morgan fingerprint density at radius 3 is 2.47 bits per heavy atom. The van der Waals surface area contributed by atoms with E-state index < -0.39 is 0 Å². The molecule has 1 unspecified atom stereocenters. The summed E-state index contributed by atoms with van der Waals surface area (Å²) in [5, 5.41) is 3.47. The van der Waals surface area contributed by atoms with E-state index in [-0.39, 0.29) is 5.41 Å². The molecule has 0 spiro atoms. The van der Waals surface area contributed by atoms with Crippen LogP contribution in [0.3, 0.4) is 0 Å². The fourth-order valence-corrected chi connectivity index (χ4v) is 1.96. The van der Waals surface area contributed by atoms with E-state index in [1.165, 1.54) is 5.56 Å². The molecular weight excluding hydrogens is 236 g/mol. The van der Waals surface area contributed by atoms with E-state index >= 15 is 0 Å². The van der Waals surface area contributed by atoms with Crippen LogP contribution in [-0.4, -0.2) is 20.2 Å². The van der Waals surface area contributed by atoms with Crippen molar-refractivity contribution in [3.05, 3.63) is 23.8 Å². The van der Waals surface area contributed by atoms with E-state index in [2.05, 4.69) is 45.1 Å². The van der Waals surface area contributed by atoms with Crippen molar-refractivity contribution in [2.45, 2.75) is 39.5 Å². The summed E-state index contributed by atoms with van der Waals surface area (Å²) in [5.74, 6) is 1.39. The molecule has 0 heterocycles. The van der Waals surface area contributed by atoms with Gasteiger partial charge in [0, 0.05) is 6.54 Å². The zero-order chi connectivity index (χ0) is 14.5. The molecule has 3 nitrogen and oxygen atoms in total. The highest BCUT2D eigenvalue weighted by atomic mass is 16.5. The van der Waals surface area contributed by atoms with Gasteiger partial charge in [-0.25, -0.2) is 0 Å². The molecule has 0 radical (unpaired) electrons. The minimum atomic E-state index is 0.140. The van der Waals surface area contributed by atoms with Crippen LogP contribution in [-0.2, 0) is 5.41 Å². The van der Waals surface area contributed by atoms with Gasteiger partial charge in [0.1, 0.15) is 5.75 Å². The summed E-state index contributed by atoms with van der Waals surface area (Å²) in [6.07, 6.45) is 1.09. The van der Waals surface area contributed by atoms with Crippen LogP contribution in [0, 0.1) is 5.92 Å². The Bertz CT molecular complexity index is 392. The molecule has 108 valence electrons. The van der Waals surface area contributed by atoms with Gasteiger partial charge in [0.2, 0.25) is 0 Å². The molecule has 0 aliphatic heterocycles. The number of nitrogens with one attached hydrogen (secondary N) is 1. The zero-order valence-electron chi connectivity index (χ0n) is 12.9. The number of hydrogen-bond acceptors (Lipinski definition) is 3. The van der Waals surface area contributed by atoms with Crippen LogP contribution in [0.25, 0.3) is 0 Å². The van der Waals surface area contributed by atoms with Gasteiger partial charge in [-0.15, -0.1) is 0 Å². The summed E-state index contributed by atoms with van der Waals surface area (Å²) < 4.78 is 5.42. The quantitative estimate of drug-likeness (QED) is 0.828. The maximum Gasteiger partial charge on any atom is 0.141 e. The first kappa shape index (κ1) is 15.8. The molecule has 1 atom stereocenters. The normalized spacial score (nSPS) is 13.2. The highest BCUT2D eigenvalue weighted by molar-refractivity contribution is 5.59. The number of benzene rings is 1. The summed E-state index contributed by atoms with van der Waals surface area (Å²) in [4.78, 5) is 0. The fourth-order valence-electron chi connectivity index (χ4n) is 1.96. The predicted molar refractivity (Wildman–Crippen MR) is 83.0 cm³/mol. The molecular formula is C16H28N2O. The molecule has 19 heavy (non-hydrogen) atoms. The van der Waals surface area contributed by atoms with Crippen molar-refractivity contribution in [3.63, 3.8) is 0 Å². The Morgan fingerprint density at radius 2 is 2.00 bits per heavy atom. The average Bonchev–Trinajstić information content (AvgIpc) is 2.38. The first-order chi connectivity index (χ1) is 8.92. The lowest BCUT2D eigenvalue weighted by atomic mass is 9.87. The molecule has 0 aliphatic rings. The van der Waals surface area contributed by atoms with Crippen molar-refractivity contribution in [2.75, 3.05) is 25.5 Å². The van der Waals surface area contributed by atoms with Gasteiger partial charge in [-0.3, -0.25) is 0 Å². The number of anilines is 1. The van der Waals surface area contributed by atoms with Crippen molar-refractivity contribution < 1.29 is 4.74 Å². The summed E-state index contributed by atoms with van der Waals surface area (Å²) in [6.45, 7) is 10.4. The van der Waals surface area contributed by atoms with Crippen LogP contribution in [0.5, 0.6) is 5.75 Å². The van der Waals surface area contributed by atoms with Crippen molar-refractivity contribution in [1.29, 1.82) is 0 Å². The van der Waals surface area contributed by atoms with Crippen molar-refractivity contribution in [1.82, 2.24) is 0 Å². The van der Waals surface area contributed by atoms with Gasteiger partial charge in [-0.05, 0) is 35.6 Å². The van der Waals surface area contributed by atoms with E-state index in [4.69, 9.17) is 10.5 Å². The second-order valence-corrected chi connectivity index (χ2v) is 6.06. The van der Waals surface area contributed by atoms with E-state index in [1.54, 1.807) is 7.11 Å². The first-order valence-electron chi connectivity index (χ1n) is 7.04. The second kappa shape index (κ2) is 6.80. The molecule has 0 saturated carbocycles. The van der Waals surface area contributed by atoms with Crippen molar-refractivity contribution in [2.24, 2.45) is 11.7 Å². The summed E-state index contributed by atoms with van der Waals surface area (Å²) in [6, 6.07) is 6.35. The predicted octanol–water partition coefficient (Wildman–Crippen LogP) is 3.39. The molecule has 0 aliphatic carbocycles. The SMILES string of the molecule is CCC(CN)CNc1cc(C(C)(C)C)ccc1OC. The minimum absolute atomic E-state index is 0.140. The molecule has 1 rings (SSSR count). The van der Waals surface area contributed by atoms with Gasteiger partial charge < -0.3 is 15.8 Å². The van der Waals surface area contributed by atoms with Crippen LogP contribution >= 0.6 is 0 Å². The van der Waals surface area contributed by atoms with Gasteiger partial charge in [0.15, 0.2) is 0 Å². The van der Waals surface area contributed by atoms with E-state index in [0.29, 0.717) is 12.5 Å². The van der Waals surface area contributed by atoms with Gasteiger partial charge >= 0.3 is 0 Å². The van der Waals surface area contributed by atoms with Crippen LogP contribution in [0.15, 0.2) is 18.2 Å². The second-order valence-electron chi connectivity index (χ2n) is 6.06. The molecule has 0 aromatic heterocycles. The lowest BCUT2D eigenvalue weighted by Crippen LogP contribution is -2.22. The fraction of sp³-hybridized carbons (Fsp3) is 0.625. The Balaban J connectivity index is 2.90. The Hall–Kier alpha value is -1.22. The zero-order valence-corrected chi connectivity index (χ0v) is 12.9. The minimum Gasteiger partial charge on any atom is -0.495 e. The maximum atomic E-state index is 5.75. The number of ether oxygens (including phenoxy) is 1. The third-order valence-corrected chi connectivity index (χ3v) is 3.56. The number of methoxy groups -OCH3 is 1. The third-order valence-electron chi connectivity index (χ3n) is 3.56. The number of hydrogen-bond donors (Lipinski definition) is 2. The van der Waals surface area contributed by atoms with Crippen molar-refractivity contribution in [3.8, 4) is 5.75 Å². The average molecular weight is 264 g/mol. The van der Waals surface area contributed by atoms with Crippen LogP contribution < -0.4 is 15.8 Å². The first-order valence-corrected chi connectivity index (χ1v) is 7.04. The largest absolute Gasteiger partial charge is 0.495 e. The number of nitrogens with two attached hydrogens (primary N) is 1. The van der Waals surface area contributed by atoms with E-state index in [0.717, 1.165) is 24.4 Å². The summed E-state index contributed by atoms with van der Waals surface area (Å²) in [7, 11) is 1.71. The van der Waals surface area contributed by atoms with Crippen LogP contribution in [0.4, 0.5) is 5.69 Å². The van der Waals surface area contributed by atoms with Gasteiger partial charge in [0.05, 0.1) is 12.8 Å². The molecule has 3 N–H and O–H groups in total. The standard InChI is InChI=1S/C16H28N2O/c1-6-12(10-17)11-18-14-9-13(16(2,3)4)7-8-15(14)19-5/h7-9,12,18H,6,10-11,17H2,1-5H3. The van der Waals surface area contributed by atoms with Gasteiger partial charge in [-0.1, -0.05) is 40.2 Å². The summed E-state index contributed by atoms with van der Waals surface area (Å²) in [5.41, 5.74) is 8.25. The third kappa shape index (κ3) is 4.43.